The summed E-state index contributed by atoms with van der Waals surface area (Å²) in [7, 11) is 0. The molecule has 0 amide bonds. The van der Waals surface area contributed by atoms with Crippen molar-refractivity contribution in [2.75, 3.05) is 19.6 Å². The fourth-order valence-electron chi connectivity index (χ4n) is 4.81. The summed E-state index contributed by atoms with van der Waals surface area (Å²) < 4.78 is 13.4. The molecule has 4 rings (SSSR count). The highest BCUT2D eigenvalue weighted by Gasteiger charge is 2.43. The van der Waals surface area contributed by atoms with E-state index in [4.69, 9.17) is 0 Å². The molecule has 6 nitrogen and oxygen atoms in total. The standard InChI is InChI=1S/C24H27FN2O4/c1-15-4-7-24(23(30)31,13-19(15)22(28)29)8-11-27-9-5-16(6-10-27)20-14-26-21-12-17(25)2-3-18(20)21/h2-3,5,12,14,26H,4,6-11,13H2,1H3,(H,28,29)(H,30,31). The molecule has 1 aliphatic heterocycles. The van der Waals surface area contributed by atoms with Crippen molar-refractivity contribution >= 4 is 28.4 Å². The topological polar surface area (TPSA) is 93.6 Å². The summed E-state index contributed by atoms with van der Waals surface area (Å²) in [5, 5.41) is 20.4. The van der Waals surface area contributed by atoms with Gasteiger partial charge in [0.2, 0.25) is 0 Å². The van der Waals surface area contributed by atoms with E-state index in [-0.39, 0.29) is 17.8 Å². The zero-order chi connectivity index (χ0) is 22.2. The van der Waals surface area contributed by atoms with Crippen LogP contribution in [0.25, 0.3) is 16.5 Å². The minimum atomic E-state index is -1.02. The maximum absolute atomic E-state index is 13.4. The summed E-state index contributed by atoms with van der Waals surface area (Å²) in [5.74, 6) is -2.18. The third kappa shape index (κ3) is 4.14. The van der Waals surface area contributed by atoms with Crippen LogP contribution in [0.15, 0.2) is 41.6 Å². The number of aliphatic carboxylic acids is 2. The Morgan fingerprint density at radius 2 is 2.06 bits per heavy atom. The van der Waals surface area contributed by atoms with Crippen molar-refractivity contribution in [2.24, 2.45) is 5.41 Å². The van der Waals surface area contributed by atoms with Gasteiger partial charge in [0.15, 0.2) is 0 Å². The summed E-state index contributed by atoms with van der Waals surface area (Å²) >= 11 is 0. The summed E-state index contributed by atoms with van der Waals surface area (Å²) in [4.78, 5) is 29.0. The molecule has 0 saturated carbocycles. The molecule has 0 radical (unpaired) electrons. The Hall–Kier alpha value is -2.93. The number of carboxylic acids is 2. The van der Waals surface area contributed by atoms with Crippen LogP contribution in [0.5, 0.6) is 0 Å². The molecule has 0 spiro atoms. The van der Waals surface area contributed by atoms with Gasteiger partial charge in [-0.2, -0.15) is 0 Å². The molecule has 164 valence electrons. The first-order valence-corrected chi connectivity index (χ1v) is 10.6. The maximum atomic E-state index is 13.4. The number of aromatic nitrogens is 1. The van der Waals surface area contributed by atoms with Crippen molar-refractivity contribution < 1.29 is 24.2 Å². The lowest BCUT2D eigenvalue weighted by molar-refractivity contribution is -0.150. The molecule has 0 saturated heterocycles. The van der Waals surface area contributed by atoms with Crippen molar-refractivity contribution in [3.63, 3.8) is 0 Å². The zero-order valence-corrected chi connectivity index (χ0v) is 17.6. The number of rotatable bonds is 6. The number of benzene rings is 1. The van der Waals surface area contributed by atoms with Crippen LogP contribution >= 0.6 is 0 Å². The number of nitrogens with one attached hydrogen (secondary N) is 1. The first kappa shape index (κ1) is 21.3. The highest BCUT2D eigenvalue weighted by molar-refractivity contribution is 5.93. The summed E-state index contributed by atoms with van der Waals surface area (Å²) in [6.07, 6.45) is 6.40. The molecule has 1 unspecified atom stereocenters. The van der Waals surface area contributed by atoms with Gasteiger partial charge in [-0.15, -0.1) is 0 Å². The molecule has 1 aliphatic carbocycles. The van der Waals surface area contributed by atoms with Gasteiger partial charge < -0.3 is 15.2 Å². The third-order valence-electron chi connectivity index (χ3n) is 6.91. The number of nitrogens with zero attached hydrogens (tertiary/aromatic N) is 1. The molecular formula is C24H27FN2O4. The first-order chi connectivity index (χ1) is 14.8. The van der Waals surface area contributed by atoms with Crippen molar-refractivity contribution in [3.05, 3.63) is 53.0 Å². The SMILES string of the molecule is CC1=C(C(=O)O)CC(CCN2CC=C(c3c[nH]c4cc(F)ccc34)CC2)(C(=O)O)CC1. The number of hydrogen-bond acceptors (Lipinski definition) is 3. The van der Waals surface area contributed by atoms with Crippen molar-refractivity contribution in [3.8, 4) is 0 Å². The van der Waals surface area contributed by atoms with E-state index in [0.717, 1.165) is 35.0 Å². The van der Waals surface area contributed by atoms with E-state index in [1.54, 1.807) is 13.0 Å². The van der Waals surface area contributed by atoms with Gasteiger partial charge in [-0.1, -0.05) is 11.6 Å². The van der Waals surface area contributed by atoms with E-state index in [0.29, 0.717) is 32.4 Å². The lowest BCUT2D eigenvalue weighted by Gasteiger charge is -2.36. The second-order valence-corrected chi connectivity index (χ2v) is 8.75. The molecule has 3 N–H and O–H groups in total. The van der Waals surface area contributed by atoms with Gasteiger partial charge in [0.25, 0.3) is 0 Å². The minimum Gasteiger partial charge on any atom is -0.481 e. The molecule has 31 heavy (non-hydrogen) atoms. The van der Waals surface area contributed by atoms with Crippen LogP contribution in [0.2, 0.25) is 0 Å². The number of halogens is 1. The van der Waals surface area contributed by atoms with Crippen molar-refractivity contribution in [1.29, 1.82) is 0 Å². The van der Waals surface area contributed by atoms with E-state index in [1.807, 2.05) is 6.20 Å². The fourth-order valence-corrected chi connectivity index (χ4v) is 4.81. The normalized spacial score (nSPS) is 22.6. The number of aromatic amines is 1. The summed E-state index contributed by atoms with van der Waals surface area (Å²) in [5.41, 5.74) is 3.08. The average molecular weight is 426 g/mol. The molecule has 1 aromatic carbocycles. The van der Waals surface area contributed by atoms with Crippen LogP contribution in [-0.4, -0.2) is 51.7 Å². The molecule has 1 aromatic heterocycles. The van der Waals surface area contributed by atoms with Crippen LogP contribution in [0.1, 0.15) is 44.6 Å². The number of fused-ring (bicyclic) bond motifs is 1. The molecular weight excluding hydrogens is 399 g/mol. The van der Waals surface area contributed by atoms with E-state index in [1.165, 1.54) is 17.7 Å². The van der Waals surface area contributed by atoms with Crippen LogP contribution in [0.3, 0.4) is 0 Å². The lowest BCUT2D eigenvalue weighted by atomic mass is 9.69. The van der Waals surface area contributed by atoms with Gasteiger partial charge in [-0.25, -0.2) is 9.18 Å². The number of allylic oxidation sites excluding steroid dienone is 1. The summed E-state index contributed by atoms with van der Waals surface area (Å²) in [6, 6.07) is 4.75. The second kappa shape index (κ2) is 8.30. The summed E-state index contributed by atoms with van der Waals surface area (Å²) in [6.45, 7) is 3.90. The third-order valence-corrected chi connectivity index (χ3v) is 6.91. The molecule has 7 heteroatoms. The van der Waals surface area contributed by atoms with Crippen LogP contribution in [0.4, 0.5) is 4.39 Å². The molecule has 0 fully saturated rings. The quantitative estimate of drug-likeness (QED) is 0.635. The Bertz CT molecular complexity index is 1100. The van der Waals surface area contributed by atoms with Gasteiger partial charge in [-0.3, -0.25) is 9.69 Å². The molecule has 2 aromatic rings. The van der Waals surface area contributed by atoms with E-state index in [9.17, 15) is 24.2 Å². The van der Waals surface area contributed by atoms with Crippen LogP contribution < -0.4 is 0 Å². The van der Waals surface area contributed by atoms with Crippen molar-refractivity contribution in [1.82, 2.24) is 9.88 Å². The van der Waals surface area contributed by atoms with Crippen molar-refractivity contribution in [2.45, 2.75) is 39.0 Å². The largest absolute Gasteiger partial charge is 0.481 e. The average Bonchev–Trinajstić information content (AvgIpc) is 3.16. The Morgan fingerprint density at radius 3 is 2.74 bits per heavy atom. The van der Waals surface area contributed by atoms with E-state index >= 15 is 0 Å². The number of hydrogen-bond donors (Lipinski definition) is 3. The van der Waals surface area contributed by atoms with Gasteiger partial charge >= 0.3 is 11.9 Å². The molecule has 1 atom stereocenters. The smallest absolute Gasteiger partial charge is 0.331 e. The Kier molecular flexibility index (Phi) is 5.71. The molecule has 2 heterocycles. The van der Waals surface area contributed by atoms with E-state index < -0.39 is 17.4 Å². The van der Waals surface area contributed by atoms with Gasteiger partial charge in [0, 0.05) is 41.3 Å². The lowest BCUT2D eigenvalue weighted by Crippen LogP contribution is -2.40. The van der Waals surface area contributed by atoms with Gasteiger partial charge in [0.05, 0.1) is 5.41 Å². The predicted octanol–water partition coefficient (Wildman–Crippen LogP) is 4.44. The monoisotopic (exact) mass is 426 g/mol. The Labute approximate surface area is 180 Å². The van der Waals surface area contributed by atoms with Gasteiger partial charge in [0.1, 0.15) is 5.82 Å². The number of carboxylic acid groups (broad SMARTS) is 2. The first-order valence-electron chi connectivity index (χ1n) is 10.6. The van der Waals surface area contributed by atoms with E-state index in [2.05, 4.69) is 16.0 Å². The van der Waals surface area contributed by atoms with Crippen LogP contribution in [-0.2, 0) is 9.59 Å². The highest BCUT2D eigenvalue weighted by atomic mass is 19.1. The Balaban J connectivity index is 1.44. The number of H-pyrrole nitrogens is 1. The minimum absolute atomic E-state index is 0.0876. The zero-order valence-electron chi connectivity index (χ0n) is 17.6. The van der Waals surface area contributed by atoms with Crippen LogP contribution in [0, 0.1) is 11.2 Å². The second-order valence-electron chi connectivity index (χ2n) is 8.75. The highest BCUT2D eigenvalue weighted by Crippen LogP contribution is 2.43. The predicted molar refractivity (Wildman–Crippen MR) is 116 cm³/mol. The maximum Gasteiger partial charge on any atom is 0.331 e. The Morgan fingerprint density at radius 1 is 1.26 bits per heavy atom. The number of carbonyl (C=O) groups is 2. The molecule has 2 aliphatic rings. The van der Waals surface area contributed by atoms with Gasteiger partial charge in [-0.05, 0) is 69.3 Å². The fraction of sp³-hybridized carbons (Fsp3) is 0.417. The molecule has 0 bridgehead atoms.